The van der Waals surface area contributed by atoms with Gasteiger partial charge in [-0.3, -0.25) is 9.59 Å². The molecule has 2 atom stereocenters. The van der Waals surface area contributed by atoms with Crippen LogP contribution in [-0.4, -0.2) is 53.4 Å². The minimum absolute atomic E-state index is 0.114. The summed E-state index contributed by atoms with van der Waals surface area (Å²) in [6.07, 6.45) is 2.59. The Labute approximate surface area is 199 Å². The van der Waals surface area contributed by atoms with E-state index in [-0.39, 0.29) is 13.0 Å². The number of thiol groups is 1. The standard InChI is InChI=1S/C25H30N2O5S/c1-32-16-21(33)22(28)27-25(13-5-6-14-25)24(31)26-20(23(29)30)15-17-9-11-19(12-10-17)18-7-3-2-4-8-18/h2-4,7-12,20-21,33H,5-6,13-16H2,1H3,(H,26,31)(H,27,28)(H,29,30)/t20?,21-/m1/s1. The Morgan fingerprint density at radius 2 is 1.64 bits per heavy atom. The molecule has 1 fully saturated rings. The van der Waals surface area contributed by atoms with Crippen molar-refractivity contribution < 1.29 is 24.2 Å². The summed E-state index contributed by atoms with van der Waals surface area (Å²) in [5, 5.41) is 14.5. The first-order valence-electron chi connectivity index (χ1n) is 11.0. The predicted molar refractivity (Wildman–Crippen MR) is 129 cm³/mol. The second-order valence-corrected chi connectivity index (χ2v) is 9.00. The Morgan fingerprint density at radius 3 is 2.21 bits per heavy atom. The van der Waals surface area contributed by atoms with Gasteiger partial charge in [-0.25, -0.2) is 4.79 Å². The van der Waals surface area contributed by atoms with Crippen molar-refractivity contribution in [1.29, 1.82) is 0 Å². The molecule has 1 saturated carbocycles. The fourth-order valence-electron chi connectivity index (χ4n) is 4.14. The zero-order valence-electron chi connectivity index (χ0n) is 18.6. The highest BCUT2D eigenvalue weighted by atomic mass is 32.1. The van der Waals surface area contributed by atoms with Crippen molar-refractivity contribution in [2.24, 2.45) is 0 Å². The molecule has 0 saturated heterocycles. The van der Waals surface area contributed by atoms with E-state index in [2.05, 4.69) is 23.3 Å². The van der Waals surface area contributed by atoms with Crippen LogP contribution in [0.15, 0.2) is 54.6 Å². The molecule has 0 aliphatic heterocycles. The molecule has 1 aliphatic carbocycles. The number of hydrogen-bond acceptors (Lipinski definition) is 5. The zero-order valence-corrected chi connectivity index (χ0v) is 19.5. The first-order chi connectivity index (χ1) is 15.8. The molecule has 2 aromatic rings. The van der Waals surface area contributed by atoms with E-state index >= 15 is 0 Å². The van der Waals surface area contributed by atoms with E-state index in [0.717, 1.165) is 29.5 Å². The molecule has 0 spiro atoms. The second-order valence-electron chi connectivity index (χ2n) is 8.38. The number of methoxy groups -OCH3 is 1. The number of carboxylic acids is 1. The maximum atomic E-state index is 13.2. The number of amides is 2. The van der Waals surface area contributed by atoms with Gasteiger partial charge in [0.1, 0.15) is 16.8 Å². The highest BCUT2D eigenvalue weighted by molar-refractivity contribution is 7.81. The van der Waals surface area contributed by atoms with Gasteiger partial charge in [0.2, 0.25) is 11.8 Å². The molecule has 3 N–H and O–H groups in total. The topological polar surface area (TPSA) is 105 Å². The third kappa shape index (κ3) is 6.36. The maximum absolute atomic E-state index is 13.2. The molecular weight excluding hydrogens is 440 g/mol. The van der Waals surface area contributed by atoms with Crippen LogP contribution in [-0.2, 0) is 25.5 Å². The molecule has 0 bridgehead atoms. The molecule has 2 aromatic carbocycles. The Kier molecular flexibility index (Phi) is 8.52. The lowest BCUT2D eigenvalue weighted by molar-refractivity contribution is -0.143. The van der Waals surface area contributed by atoms with Crippen LogP contribution >= 0.6 is 12.6 Å². The number of nitrogens with one attached hydrogen (secondary N) is 2. The minimum atomic E-state index is -1.13. The van der Waals surface area contributed by atoms with E-state index in [4.69, 9.17) is 4.74 Å². The second kappa shape index (κ2) is 11.3. The van der Waals surface area contributed by atoms with Gasteiger partial charge in [-0.1, -0.05) is 67.4 Å². The van der Waals surface area contributed by atoms with E-state index < -0.39 is 34.6 Å². The molecule has 7 nitrogen and oxygen atoms in total. The number of carboxylic acid groups (broad SMARTS) is 1. The van der Waals surface area contributed by atoms with Crippen LogP contribution in [0.5, 0.6) is 0 Å². The van der Waals surface area contributed by atoms with Gasteiger partial charge in [0, 0.05) is 13.5 Å². The molecule has 0 heterocycles. The van der Waals surface area contributed by atoms with E-state index in [1.807, 2.05) is 54.6 Å². The lowest BCUT2D eigenvalue weighted by atomic mass is 9.94. The van der Waals surface area contributed by atoms with Gasteiger partial charge in [0.15, 0.2) is 0 Å². The van der Waals surface area contributed by atoms with Crippen molar-refractivity contribution in [3.05, 3.63) is 60.2 Å². The summed E-state index contributed by atoms with van der Waals surface area (Å²) in [7, 11) is 1.47. The maximum Gasteiger partial charge on any atom is 0.326 e. The normalized spacial score (nSPS) is 16.5. The van der Waals surface area contributed by atoms with Crippen LogP contribution in [0.4, 0.5) is 0 Å². The number of hydrogen-bond donors (Lipinski definition) is 4. The van der Waals surface area contributed by atoms with Crippen molar-refractivity contribution in [2.45, 2.75) is 48.9 Å². The predicted octanol–water partition coefficient (Wildman–Crippen LogP) is 2.84. The van der Waals surface area contributed by atoms with Crippen molar-refractivity contribution in [3.8, 4) is 11.1 Å². The summed E-state index contributed by atoms with van der Waals surface area (Å²) < 4.78 is 4.97. The monoisotopic (exact) mass is 470 g/mol. The summed E-state index contributed by atoms with van der Waals surface area (Å²) in [5.74, 6) is -2.00. The van der Waals surface area contributed by atoms with Crippen LogP contribution in [0.2, 0.25) is 0 Å². The highest BCUT2D eigenvalue weighted by Crippen LogP contribution is 2.30. The summed E-state index contributed by atoms with van der Waals surface area (Å²) >= 11 is 4.22. The van der Waals surface area contributed by atoms with Gasteiger partial charge in [-0.15, -0.1) is 0 Å². The van der Waals surface area contributed by atoms with E-state index in [9.17, 15) is 19.5 Å². The first-order valence-corrected chi connectivity index (χ1v) is 11.5. The number of carbonyl (C=O) groups is 3. The smallest absolute Gasteiger partial charge is 0.326 e. The van der Waals surface area contributed by atoms with Crippen molar-refractivity contribution >= 4 is 30.4 Å². The quantitative estimate of drug-likeness (QED) is 0.400. The number of rotatable bonds is 10. The number of aliphatic carboxylic acids is 1. The summed E-state index contributed by atoms with van der Waals surface area (Å²) in [5.41, 5.74) is 1.76. The van der Waals surface area contributed by atoms with Gasteiger partial charge in [0.05, 0.1) is 6.61 Å². The highest BCUT2D eigenvalue weighted by Gasteiger charge is 2.44. The van der Waals surface area contributed by atoms with Gasteiger partial charge in [0.25, 0.3) is 0 Å². The van der Waals surface area contributed by atoms with Crippen molar-refractivity contribution in [1.82, 2.24) is 10.6 Å². The van der Waals surface area contributed by atoms with E-state index in [0.29, 0.717) is 12.8 Å². The zero-order chi connectivity index (χ0) is 23.8. The average molecular weight is 471 g/mol. The minimum Gasteiger partial charge on any atom is -0.480 e. The number of ether oxygens (including phenoxy) is 1. The van der Waals surface area contributed by atoms with Gasteiger partial charge >= 0.3 is 5.97 Å². The largest absolute Gasteiger partial charge is 0.480 e. The fraction of sp³-hybridized carbons (Fsp3) is 0.400. The third-order valence-electron chi connectivity index (χ3n) is 5.99. The SMILES string of the molecule is COC[C@@H](S)C(=O)NC1(C(=O)NC(Cc2ccc(-c3ccccc3)cc2)C(=O)O)CCCC1. The summed E-state index contributed by atoms with van der Waals surface area (Å²) in [6, 6.07) is 16.4. The van der Waals surface area contributed by atoms with Crippen LogP contribution in [0, 0.1) is 0 Å². The Hall–Kier alpha value is -2.84. The van der Waals surface area contributed by atoms with Crippen LogP contribution < -0.4 is 10.6 Å². The Morgan fingerprint density at radius 1 is 1.03 bits per heavy atom. The number of carbonyl (C=O) groups excluding carboxylic acids is 2. The Balaban J connectivity index is 1.69. The number of benzene rings is 2. The van der Waals surface area contributed by atoms with E-state index in [1.165, 1.54) is 7.11 Å². The van der Waals surface area contributed by atoms with Crippen molar-refractivity contribution in [3.63, 3.8) is 0 Å². The molecule has 8 heteroatoms. The molecule has 3 rings (SSSR count). The first kappa shape index (κ1) is 24.8. The molecular formula is C25H30N2O5S. The molecule has 1 unspecified atom stereocenters. The molecule has 0 aromatic heterocycles. The lowest BCUT2D eigenvalue weighted by Gasteiger charge is -2.31. The molecule has 33 heavy (non-hydrogen) atoms. The van der Waals surface area contributed by atoms with Crippen LogP contribution in [0.1, 0.15) is 31.2 Å². The molecule has 0 radical (unpaired) electrons. The third-order valence-corrected chi connectivity index (χ3v) is 6.37. The summed E-state index contributed by atoms with van der Waals surface area (Å²) in [4.78, 5) is 37.6. The van der Waals surface area contributed by atoms with Gasteiger partial charge < -0.3 is 20.5 Å². The van der Waals surface area contributed by atoms with Crippen LogP contribution in [0.3, 0.4) is 0 Å². The summed E-state index contributed by atoms with van der Waals surface area (Å²) in [6.45, 7) is 0.114. The Bertz CT molecular complexity index is 959. The van der Waals surface area contributed by atoms with E-state index in [1.54, 1.807) is 0 Å². The molecule has 2 amide bonds. The molecule has 1 aliphatic rings. The molecule has 176 valence electrons. The fourth-order valence-corrected chi connectivity index (χ4v) is 4.35. The van der Waals surface area contributed by atoms with Gasteiger partial charge in [-0.2, -0.15) is 12.6 Å². The van der Waals surface area contributed by atoms with Gasteiger partial charge in [-0.05, 0) is 29.5 Å². The van der Waals surface area contributed by atoms with Crippen LogP contribution in [0.25, 0.3) is 11.1 Å². The lowest BCUT2D eigenvalue weighted by Crippen LogP contribution is -2.61. The van der Waals surface area contributed by atoms with Crippen molar-refractivity contribution in [2.75, 3.05) is 13.7 Å². The average Bonchev–Trinajstić information content (AvgIpc) is 3.29.